The van der Waals surface area contributed by atoms with Crippen molar-refractivity contribution >= 4 is 38.3 Å². The summed E-state index contributed by atoms with van der Waals surface area (Å²) < 4.78 is 0. The maximum absolute atomic E-state index is 3.70. The second kappa shape index (κ2) is 4.54. The average molecular weight is 322 g/mol. The first-order chi connectivity index (χ1) is 12.3. The fourth-order valence-corrected chi connectivity index (χ4v) is 4.79. The van der Waals surface area contributed by atoms with Crippen LogP contribution in [0.1, 0.15) is 11.5 Å². The molecular weight excluding hydrogens is 304 g/mol. The van der Waals surface area contributed by atoms with E-state index < -0.39 is 0 Å². The van der Waals surface area contributed by atoms with Crippen LogP contribution in [0, 0.1) is 0 Å². The summed E-state index contributed by atoms with van der Waals surface area (Å²) in [7, 11) is 2.21. The molecule has 0 radical (unpaired) electrons. The molecule has 120 valence electrons. The minimum atomic E-state index is 0.427. The summed E-state index contributed by atoms with van der Waals surface area (Å²) in [6, 6.07) is 18.1. The molecule has 2 heteroatoms. The zero-order chi connectivity index (χ0) is 16.5. The number of hydrogen-bond donors (Lipinski definition) is 1. The van der Waals surface area contributed by atoms with Gasteiger partial charge in [-0.2, -0.15) is 0 Å². The summed E-state index contributed by atoms with van der Waals surface area (Å²) in [6.07, 6.45) is 9.03. The zero-order valence-electron chi connectivity index (χ0n) is 14.0. The molecule has 0 amide bonds. The van der Waals surface area contributed by atoms with E-state index in [2.05, 4.69) is 89.8 Å². The molecule has 4 aromatic rings. The molecule has 1 aromatic heterocycles. The van der Waals surface area contributed by atoms with Gasteiger partial charge in [-0.15, -0.1) is 0 Å². The Morgan fingerprint density at radius 1 is 0.880 bits per heavy atom. The number of nitrogens with zero attached hydrogens (tertiary/aromatic N) is 1. The van der Waals surface area contributed by atoms with Crippen LogP contribution < -0.4 is 4.90 Å². The molecule has 3 aromatic carbocycles. The van der Waals surface area contributed by atoms with Gasteiger partial charge < -0.3 is 9.88 Å². The third-order valence-corrected chi connectivity index (χ3v) is 5.95. The third-order valence-electron chi connectivity index (χ3n) is 5.95. The highest BCUT2D eigenvalue weighted by Crippen LogP contribution is 2.48. The molecule has 2 aliphatic rings. The van der Waals surface area contributed by atoms with Crippen LogP contribution >= 0.6 is 0 Å². The molecule has 0 saturated heterocycles. The number of likely N-dealkylation sites (N-methyl/N-ethyl adjacent to an activating group) is 1. The van der Waals surface area contributed by atoms with Gasteiger partial charge in [0.05, 0.1) is 11.6 Å². The molecule has 2 heterocycles. The lowest BCUT2D eigenvalue weighted by atomic mass is 9.88. The molecule has 0 fully saturated rings. The zero-order valence-corrected chi connectivity index (χ0v) is 14.0. The van der Waals surface area contributed by atoms with Crippen LogP contribution in [0.25, 0.3) is 32.6 Å². The van der Waals surface area contributed by atoms with Crippen LogP contribution in [0.2, 0.25) is 0 Å². The smallest absolute Gasteiger partial charge is 0.0577 e. The number of nitrogens with one attached hydrogen (secondary N) is 1. The number of hydrogen-bond acceptors (Lipinski definition) is 1. The number of H-pyrrole nitrogens is 1. The lowest BCUT2D eigenvalue weighted by molar-refractivity contribution is 0.725. The highest BCUT2D eigenvalue weighted by Gasteiger charge is 2.36. The van der Waals surface area contributed by atoms with Gasteiger partial charge >= 0.3 is 0 Å². The molecule has 0 bridgehead atoms. The van der Waals surface area contributed by atoms with E-state index in [1.807, 2.05) is 0 Å². The van der Waals surface area contributed by atoms with Gasteiger partial charge in [0.25, 0.3) is 0 Å². The molecule has 2 atom stereocenters. The number of rotatable bonds is 0. The van der Waals surface area contributed by atoms with E-state index >= 15 is 0 Å². The van der Waals surface area contributed by atoms with E-state index in [0.29, 0.717) is 12.0 Å². The monoisotopic (exact) mass is 322 g/mol. The van der Waals surface area contributed by atoms with E-state index in [0.717, 1.165) is 0 Å². The van der Waals surface area contributed by atoms with Crippen molar-refractivity contribution in [2.45, 2.75) is 12.0 Å². The maximum Gasteiger partial charge on any atom is 0.0577 e. The first kappa shape index (κ1) is 13.3. The largest absolute Gasteiger partial charge is 0.367 e. The molecule has 2 unspecified atom stereocenters. The number of fused-ring (bicyclic) bond motifs is 9. The van der Waals surface area contributed by atoms with Crippen molar-refractivity contribution in [2.75, 3.05) is 11.9 Å². The topological polar surface area (TPSA) is 19.0 Å². The first-order valence-electron chi connectivity index (χ1n) is 8.87. The summed E-state index contributed by atoms with van der Waals surface area (Å²) in [6.45, 7) is 0. The number of aromatic amines is 1. The molecule has 2 nitrogen and oxygen atoms in total. The Kier molecular flexibility index (Phi) is 2.42. The molecule has 1 aliphatic carbocycles. The van der Waals surface area contributed by atoms with E-state index in [1.54, 1.807) is 0 Å². The predicted molar refractivity (Wildman–Crippen MR) is 107 cm³/mol. The maximum atomic E-state index is 3.70. The van der Waals surface area contributed by atoms with Gasteiger partial charge in [-0.1, -0.05) is 60.7 Å². The summed E-state index contributed by atoms with van der Waals surface area (Å²) in [5.74, 6) is 0.430. The van der Waals surface area contributed by atoms with Gasteiger partial charge in [0.2, 0.25) is 0 Å². The first-order valence-corrected chi connectivity index (χ1v) is 8.87. The van der Waals surface area contributed by atoms with Crippen LogP contribution in [-0.4, -0.2) is 18.1 Å². The summed E-state index contributed by atoms with van der Waals surface area (Å²) in [5, 5.41) is 5.31. The SMILES string of the molecule is CN1c2ccc3[nH]c4c5ccccc5ccc4c3c2C2C=CC=CC21. The highest BCUT2D eigenvalue weighted by atomic mass is 15.2. The Hall–Kier alpha value is -3.00. The van der Waals surface area contributed by atoms with Gasteiger partial charge in [-0.3, -0.25) is 0 Å². The molecule has 0 saturated carbocycles. The van der Waals surface area contributed by atoms with E-state index in [1.165, 1.54) is 43.8 Å². The van der Waals surface area contributed by atoms with Crippen LogP contribution in [-0.2, 0) is 0 Å². The third kappa shape index (κ3) is 1.59. The van der Waals surface area contributed by atoms with E-state index in [-0.39, 0.29) is 0 Å². The number of allylic oxidation sites excluding steroid dienone is 2. The normalized spacial score (nSPS) is 21.4. The fourth-order valence-electron chi connectivity index (χ4n) is 4.79. The summed E-state index contributed by atoms with van der Waals surface area (Å²) >= 11 is 0. The fraction of sp³-hybridized carbons (Fsp3) is 0.130. The van der Waals surface area contributed by atoms with Crippen LogP contribution in [0.15, 0.2) is 72.8 Å². The molecular formula is C23H18N2. The number of anilines is 1. The molecule has 0 spiro atoms. The lowest BCUT2D eigenvalue weighted by Gasteiger charge is -2.23. The van der Waals surface area contributed by atoms with Crippen molar-refractivity contribution in [3.05, 3.63) is 78.4 Å². The van der Waals surface area contributed by atoms with Crippen molar-refractivity contribution in [3.63, 3.8) is 0 Å². The molecule has 1 N–H and O–H groups in total. The summed E-state index contributed by atoms with van der Waals surface area (Å²) in [5.41, 5.74) is 5.31. The van der Waals surface area contributed by atoms with Gasteiger partial charge in [-0.25, -0.2) is 0 Å². The van der Waals surface area contributed by atoms with E-state index in [4.69, 9.17) is 0 Å². The second-order valence-electron chi connectivity index (χ2n) is 7.15. The minimum absolute atomic E-state index is 0.427. The second-order valence-corrected chi connectivity index (χ2v) is 7.15. The molecule has 25 heavy (non-hydrogen) atoms. The van der Waals surface area contributed by atoms with Gasteiger partial charge in [-0.05, 0) is 23.1 Å². The Bertz CT molecular complexity index is 1230. The number of benzene rings is 3. The average Bonchev–Trinajstić information content (AvgIpc) is 3.18. The van der Waals surface area contributed by atoms with Crippen molar-refractivity contribution in [1.82, 2.24) is 4.98 Å². The Balaban J connectivity index is 1.78. The van der Waals surface area contributed by atoms with Gasteiger partial charge in [0.1, 0.15) is 0 Å². The van der Waals surface area contributed by atoms with Gasteiger partial charge in [0, 0.05) is 40.3 Å². The lowest BCUT2D eigenvalue weighted by Crippen LogP contribution is -2.28. The van der Waals surface area contributed by atoms with Crippen LogP contribution in [0.5, 0.6) is 0 Å². The van der Waals surface area contributed by atoms with Crippen LogP contribution in [0.3, 0.4) is 0 Å². The van der Waals surface area contributed by atoms with Gasteiger partial charge in [0.15, 0.2) is 0 Å². The quantitative estimate of drug-likeness (QED) is 0.453. The van der Waals surface area contributed by atoms with Crippen molar-refractivity contribution in [3.8, 4) is 0 Å². The Labute approximate surface area is 146 Å². The van der Waals surface area contributed by atoms with Crippen molar-refractivity contribution < 1.29 is 0 Å². The van der Waals surface area contributed by atoms with Crippen molar-refractivity contribution in [1.29, 1.82) is 0 Å². The summed E-state index contributed by atoms with van der Waals surface area (Å²) in [4.78, 5) is 6.12. The number of aromatic nitrogens is 1. The Morgan fingerprint density at radius 2 is 1.76 bits per heavy atom. The Morgan fingerprint density at radius 3 is 2.72 bits per heavy atom. The molecule has 1 aliphatic heterocycles. The minimum Gasteiger partial charge on any atom is -0.367 e. The highest BCUT2D eigenvalue weighted by molar-refractivity contribution is 6.19. The molecule has 6 rings (SSSR count). The van der Waals surface area contributed by atoms with E-state index in [9.17, 15) is 0 Å². The van der Waals surface area contributed by atoms with Crippen molar-refractivity contribution in [2.24, 2.45) is 0 Å². The van der Waals surface area contributed by atoms with Crippen LogP contribution in [0.4, 0.5) is 5.69 Å². The standard InChI is InChI=1S/C23H18N2/c1-25-19-9-5-4-8-16(19)22-20(25)13-12-18-21(22)17-11-10-14-6-2-3-7-15(14)23(17)24-18/h2-13,16,19,24H,1H3. The predicted octanol–water partition coefficient (Wildman–Crippen LogP) is 5.50.